The third kappa shape index (κ3) is 4.23. The minimum atomic E-state index is -0.183. The highest BCUT2D eigenvalue weighted by molar-refractivity contribution is 5.67. The Morgan fingerprint density at radius 3 is 2.69 bits per heavy atom. The Morgan fingerprint density at radius 1 is 1.56 bits per heavy atom. The van der Waals surface area contributed by atoms with E-state index in [0.29, 0.717) is 12.5 Å². The van der Waals surface area contributed by atoms with Crippen molar-refractivity contribution in [1.82, 2.24) is 4.90 Å². The molecule has 0 aromatic heterocycles. The summed E-state index contributed by atoms with van der Waals surface area (Å²) in [6.07, 6.45) is 6.03. The summed E-state index contributed by atoms with van der Waals surface area (Å²) in [5.74, 6) is 0.552. The van der Waals surface area contributed by atoms with Crippen molar-refractivity contribution in [3.8, 4) is 0 Å². The molecule has 1 unspecified atom stereocenters. The highest BCUT2D eigenvalue weighted by Crippen LogP contribution is 2.19. The van der Waals surface area contributed by atoms with Gasteiger partial charge in [-0.1, -0.05) is 12.2 Å². The van der Waals surface area contributed by atoms with Crippen LogP contribution in [-0.2, 0) is 4.74 Å². The molecule has 4 nitrogen and oxygen atoms in total. The summed E-state index contributed by atoms with van der Waals surface area (Å²) in [4.78, 5) is 13.2. The van der Waals surface area contributed by atoms with E-state index < -0.39 is 0 Å². The van der Waals surface area contributed by atoms with Crippen molar-refractivity contribution in [2.75, 3.05) is 19.7 Å². The number of piperidine rings is 1. The van der Waals surface area contributed by atoms with Gasteiger partial charge in [0.15, 0.2) is 0 Å². The lowest BCUT2D eigenvalue weighted by Gasteiger charge is -2.29. The molecule has 0 aromatic carbocycles. The number of hydrogen-bond acceptors (Lipinski definition) is 3. The Kier molecular flexibility index (Phi) is 5.32. The number of hydrogen-bond donors (Lipinski definition) is 1. The lowest BCUT2D eigenvalue weighted by molar-refractivity contribution is 0.0953. The number of carbonyl (C=O) groups is 1. The molecule has 92 valence electrons. The molecule has 1 saturated heterocycles. The summed E-state index contributed by atoms with van der Waals surface area (Å²) < 4.78 is 4.96. The van der Waals surface area contributed by atoms with E-state index in [2.05, 4.69) is 6.08 Å². The molecular weight excluding hydrogens is 204 g/mol. The normalized spacial score (nSPS) is 20.1. The van der Waals surface area contributed by atoms with Gasteiger partial charge in [0.05, 0.1) is 6.61 Å². The minimum absolute atomic E-state index is 0.114. The molecule has 0 spiro atoms. The number of rotatable bonds is 3. The van der Waals surface area contributed by atoms with E-state index in [1.54, 1.807) is 4.90 Å². The van der Waals surface area contributed by atoms with E-state index in [1.165, 1.54) is 0 Å². The number of amides is 1. The predicted octanol–water partition coefficient (Wildman–Crippen LogP) is 1.76. The molecule has 1 aliphatic rings. The molecule has 1 aliphatic heterocycles. The van der Waals surface area contributed by atoms with Crippen LogP contribution in [0.15, 0.2) is 12.2 Å². The van der Waals surface area contributed by atoms with Crippen LogP contribution in [0.4, 0.5) is 4.79 Å². The van der Waals surface area contributed by atoms with E-state index in [-0.39, 0.29) is 12.1 Å². The van der Waals surface area contributed by atoms with E-state index in [9.17, 15) is 4.79 Å². The summed E-state index contributed by atoms with van der Waals surface area (Å²) in [7, 11) is 0. The van der Waals surface area contributed by atoms with Crippen molar-refractivity contribution in [3.05, 3.63) is 12.2 Å². The summed E-state index contributed by atoms with van der Waals surface area (Å²) >= 11 is 0. The molecule has 1 rings (SSSR count). The molecular formula is C12H22N2O2. The first-order chi connectivity index (χ1) is 7.63. The van der Waals surface area contributed by atoms with Gasteiger partial charge in [-0.2, -0.15) is 0 Å². The maximum atomic E-state index is 11.4. The van der Waals surface area contributed by atoms with E-state index in [0.717, 1.165) is 25.9 Å². The van der Waals surface area contributed by atoms with E-state index in [1.807, 2.05) is 19.9 Å². The van der Waals surface area contributed by atoms with E-state index in [4.69, 9.17) is 10.5 Å². The number of nitrogens with zero attached hydrogens (tertiary/aromatic N) is 1. The van der Waals surface area contributed by atoms with Gasteiger partial charge in [-0.25, -0.2) is 4.79 Å². The molecule has 1 atom stereocenters. The van der Waals surface area contributed by atoms with Gasteiger partial charge < -0.3 is 15.4 Å². The number of likely N-dealkylation sites (tertiary alicyclic amines) is 1. The first-order valence-corrected chi connectivity index (χ1v) is 5.99. The van der Waals surface area contributed by atoms with Gasteiger partial charge in [0, 0.05) is 19.1 Å². The fourth-order valence-electron chi connectivity index (χ4n) is 1.82. The molecule has 0 saturated carbocycles. The van der Waals surface area contributed by atoms with Crippen LogP contribution >= 0.6 is 0 Å². The highest BCUT2D eigenvalue weighted by atomic mass is 16.6. The average molecular weight is 226 g/mol. The second-order valence-corrected chi connectivity index (χ2v) is 4.27. The number of nitrogens with two attached hydrogens (primary N) is 1. The number of ether oxygens (including phenoxy) is 1. The van der Waals surface area contributed by atoms with Crippen LogP contribution < -0.4 is 5.73 Å². The van der Waals surface area contributed by atoms with Gasteiger partial charge in [0.1, 0.15) is 0 Å². The zero-order valence-corrected chi connectivity index (χ0v) is 10.2. The zero-order chi connectivity index (χ0) is 12.0. The predicted molar refractivity (Wildman–Crippen MR) is 64.1 cm³/mol. The van der Waals surface area contributed by atoms with Crippen LogP contribution in [0, 0.1) is 5.92 Å². The van der Waals surface area contributed by atoms with Gasteiger partial charge in [0.2, 0.25) is 0 Å². The summed E-state index contributed by atoms with van der Waals surface area (Å²) in [5, 5.41) is 0. The highest BCUT2D eigenvalue weighted by Gasteiger charge is 2.21. The Bertz CT molecular complexity index is 243. The Morgan fingerprint density at radius 2 is 2.19 bits per heavy atom. The van der Waals surface area contributed by atoms with Crippen LogP contribution in [-0.4, -0.2) is 36.7 Å². The Balaban J connectivity index is 2.31. The SMILES string of the molecule is CCOC(=O)N1CCC(/C=C/C(C)N)CC1. The van der Waals surface area contributed by atoms with Crippen molar-refractivity contribution in [3.63, 3.8) is 0 Å². The average Bonchev–Trinajstić information content (AvgIpc) is 2.27. The molecule has 16 heavy (non-hydrogen) atoms. The molecule has 4 heteroatoms. The van der Waals surface area contributed by atoms with Gasteiger partial charge in [0.25, 0.3) is 0 Å². The van der Waals surface area contributed by atoms with Gasteiger partial charge in [-0.05, 0) is 32.6 Å². The largest absolute Gasteiger partial charge is 0.450 e. The first kappa shape index (κ1) is 13.0. The van der Waals surface area contributed by atoms with Crippen molar-refractivity contribution >= 4 is 6.09 Å². The quantitative estimate of drug-likeness (QED) is 0.746. The van der Waals surface area contributed by atoms with Gasteiger partial charge in [-0.3, -0.25) is 0 Å². The van der Waals surface area contributed by atoms with Crippen molar-refractivity contribution < 1.29 is 9.53 Å². The maximum Gasteiger partial charge on any atom is 0.409 e. The van der Waals surface area contributed by atoms with Crippen LogP contribution in [0.25, 0.3) is 0 Å². The van der Waals surface area contributed by atoms with Crippen molar-refractivity contribution in [2.24, 2.45) is 11.7 Å². The topological polar surface area (TPSA) is 55.6 Å². The van der Waals surface area contributed by atoms with Gasteiger partial charge in [-0.15, -0.1) is 0 Å². The molecule has 0 aliphatic carbocycles. The molecule has 2 N–H and O–H groups in total. The first-order valence-electron chi connectivity index (χ1n) is 5.99. The molecule has 1 heterocycles. The van der Waals surface area contributed by atoms with Crippen LogP contribution in [0.1, 0.15) is 26.7 Å². The molecule has 0 bridgehead atoms. The number of allylic oxidation sites excluding steroid dienone is 1. The summed E-state index contributed by atoms with van der Waals surface area (Å²) in [6, 6.07) is 0.114. The summed E-state index contributed by atoms with van der Waals surface area (Å²) in [5.41, 5.74) is 5.65. The fraction of sp³-hybridized carbons (Fsp3) is 0.750. The van der Waals surface area contributed by atoms with Crippen molar-refractivity contribution in [2.45, 2.75) is 32.7 Å². The van der Waals surface area contributed by atoms with Gasteiger partial charge >= 0.3 is 6.09 Å². The fourth-order valence-corrected chi connectivity index (χ4v) is 1.82. The van der Waals surface area contributed by atoms with Crippen molar-refractivity contribution in [1.29, 1.82) is 0 Å². The third-order valence-electron chi connectivity index (χ3n) is 2.75. The lowest BCUT2D eigenvalue weighted by Crippen LogP contribution is -2.38. The third-order valence-corrected chi connectivity index (χ3v) is 2.75. The second-order valence-electron chi connectivity index (χ2n) is 4.27. The molecule has 0 aromatic rings. The Labute approximate surface area is 97.4 Å². The second kappa shape index (κ2) is 6.53. The molecule has 1 fully saturated rings. The maximum absolute atomic E-state index is 11.4. The van der Waals surface area contributed by atoms with E-state index >= 15 is 0 Å². The summed E-state index contributed by atoms with van der Waals surface area (Å²) in [6.45, 7) is 5.81. The Hall–Kier alpha value is -1.03. The van der Waals surface area contributed by atoms with Crippen LogP contribution in [0.2, 0.25) is 0 Å². The van der Waals surface area contributed by atoms with Crippen LogP contribution in [0.3, 0.4) is 0 Å². The standard InChI is InChI=1S/C12H22N2O2/c1-3-16-12(15)14-8-6-11(7-9-14)5-4-10(2)13/h4-5,10-11H,3,6-9,13H2,1-2H3/b5-4+. The minimum Gasteiger partial charge on any atom is -0.450 e. The lowest BCUT2D eigenvalue weighted by atomic mass is 9.96. The molecule has 0 radical (unpaired) electrons. The molecule has 1 amide bonds. The monoisotopic (exact) mass is 226 g/mol. The van der Waals surface area contributed by atoms with Crippen LogP contribution in [0.5, 0.6) is 0 Å². The zero-order valence-electron chi connectivity index (χ0n) is 10.2. The smallest absolute Gasteiger partial charge is 0.409 e. The number of carbonyl (C=O) groups excluding carboxylic acids is 1.